The van der Waals surface area contributed by atoms with Crippen molar-refractivity contribution in [1.29, 1.82) is 0 Å². The summed E-state index contributed by atoms with van der Waals surface area (Å²) in [5.41, 5.74) is 0.714. The Balaban J connectivity index is 2.58. The van der Waals surface area contributed by atoms with E-state index >= 15 is 0 Å². The molecule has 13 heavy (non-hydrogen) atoms. The summed E-state index contributed by atoms with van der Waals surface area (Å²) in [5.74, 6) is 0.389. The Morgan fingerprint density at radius 3 is 3.00 bits per heavy atom. The van der Waals surface area contributed by atoms with Gasteiger partial charge in [0.15, 0.2) is 0 Å². The van der Waals surface area contributed by atoms with E-state index in [1.54, 1.807) is 11.3 Å². The molecule has 0 spiro atoms. The van der Waals surface area contributed by atoms with Crippen molar-refractivity contribution in [3.8, 4) is 0 Å². The van der Waals surface area contributed by atoms with Gasteiger partial charge in [0, 0.05) is 17.3 Å². The molecule has 0 fully saturated rings. The SMILES string of the molecule is CC(CCl)NC(=O)c1csc(I)c1. The fraction of sp³-hybridized carbons (Fsp3) is 0.375. The monoisotopic (exact) mass is 329 g/mol. The highest BCUT2D eigenvalue weighted by atomic mass is 127. The molecule has 2 nitrogen and oxygen atoms in total. The molecule has 1 heterocycles. The number of nitrogens with one attached hydrogen (secondary N) is 1. The number of thiophene rings is 1. The Morgan fingerprint density at radius 1 is 1.85 bits per heavy atom. The summed E-state index contributed by atoms with van der Waals surface area (Å²) < 4.78 is 1.11. The second-order valence-corrected chi connectivity index (χ2v) is 5.78. The number of halogens is 2. The van der Waals surface area contributed by atoms with Crippen molar-refractivity contribution in [2.45, 2.75) is 13.0 Å². The van der Waals surface area contributed by atoms with E-state index in [9.17, 15) is 4.79 Å². The normalized spacial score (nSPS) is 12.5. The van der Waals surface area contributed by atoms with E-state index in [1.807, 2.05) is 18.4 Å². The Morgan fingerprint density at radius 2 is 2.54 bits per heavy atom. The second kappa shape index (κ2) is 5.17. The molecule has 1 N–H and O–H groups in total. The van der Waals surface area contributed by atoms with Crippen molar-refractivity contribution in [3.05, 3.63) is 19.9 Å². The van der Waals surface area contributed by atoms with Crippen LogP contribution in [0.25, 0.3) is 0 Å². The predicted molar refractivity (Wildman–Crippen MR) is 64.7 cm³/mol. The first kappa shape index (κ1) is 11.3. The maximum absolute atomic E-state index is 11.5. The van der Waals surface area contributed by atoms with Gasteiger partial charge in [-0.2, -0.15) is 0 Å². The first-order valence-corrected chi connectivity index (χ1v) is 6.23. The van der Waals surface area contributed by atoms with E-state index in [0.29, 0.717) is 11.4 Å². The molecule has 0 aromatic carbocycles. The summed E-state index contributed by atoms with van der Waals surface area (Å²) in [6, 6.07) is 1.88. The standard InChI is InChI=1S/C8H9ClINOS/c1-5(3-9)11-8(12)6-2-7(10)13-4-6/h2,4-5H,3H2,1H3,(H,11,12). The molecule has 0 bridgehead atoms. The van der Waals surface area contributed by atoms with Crippen LogP contribution in [0.4, 0.5) is 0 Å². The van der Waals surface area contributed by atoms with E-state index in [2.05, 4.69) is 27.9 Å². The number of rotatable bonds is 3. The molecule has 0 saturated heterocycles. The number of hydrogen-bond acceptors (Lipinski definition) is 2. The summed E-state index contributed by atoms with van der Waals surface area (Å²) in [7, 11) is 0. The molecule has 1 amide bonds. The van der Waals surface area contributed by atoms with Gasteiger partial charge in [0.25, 0.3) is 5.91 Å². The van der Waals surface area contributed by atoms with Gasteiger partial charge in [-0.15, -0.1) is 22.9 Å². The number of alkyl halides is 1. The number of carbonyl (C=O) groups excluding carboxylic acids is 1. The van der Waals surface area contributed by atoms with Crippen LogP contribution in [0.5, 0.6) is 0 Å². The highest BCUT2D eigenvalue weighted by molar-refractivity contribution is 14.1. The van der Waals surface area contributed by atoms with Crippen LogP contribution in [0, 0.1) is 2.88 Å². The Hall–Kier alpha value is 0.190. The molecule has 1 aromatic heterocycles. The predicted octanol–water partition coefficient (Wildman–Crippen LogP) is 2.71. The van der Waals surface area contributed by atoms with Crippen molar-refractivity contribution < 1.29 is 4.79 Å². The van der Waals surface area contributed by atoms with Gasteiger partial charge in [0.2, 0.25) is 0 Å². The minimum Gasteiger partial charge on any atom is -0.348 e. The second-order valence-electron chi connectivity index (χ2n) is 2.67. The molecular formula is C8H9ClINOS. The maximum Gasteiger partial charge on any atom is 0.252 e. The number of carbonyl (C=O) groups is 1. The summed E-state index contributed by atoms with van der Waals surface area (Å²) in [5, 5.41) is 4.64. The van der Waals surface area contributed by atoms with E-state index in [1.165, 1.54) is 0 Å². The molecule has 0 radical (unpaired) electrons. The zero-order chi connectivity index (χ0) is 9.84. The van der Waals surface area contributed by atoms with Crippen molar-refractivity contribution in [2.24, 2.45) is 0 Å². The lowest BCUT2D eigenvalue weighted by molar-refractivity contribution is 0.0944. The Bertz CT molecular complexity index is 302. The van der Waals surface area contributed by atoms with Gasteiger partial charge in [0.05, 0.1) is 8.45 Å². The minimum atomic E-state index is -0.0488. The third-order valence-corrected chi connectivity index (χ3v) is 3.69. The highest BCUT2D eigenvalue weighted by Crippen LogP contribution is 2.16. The Kier molecular flexibility index (Phi) is 4.48. The van der Waals surface area contributed by atoms with Crippen LogP contribution in [0.1, 0.15) is 17.3 Å². The lowest BCUT2D eigenvalue weighted by Crippen LogP contribution is -2.33. The van der Waals surface area contributed by atoms with Crippen LogP contribution in [0.2, 0.25) is 0 Å². The molecule has 0 aliphatic rings. The Labute approximate surface area is 99.8 Å². The summed E-state index contributed by atoms with van der Waals surface area (Å²) in [6.07, 6.45) is 0. The largest absolute Gasteiger partial charge is 0.348 e. The molecule has 1 unspecified atom stereocenters. The molecule has 0 aliphatic heterocycles. The van der Waals surface area contributed by atoms with E-state index in [-0.39, 0.29) is 11.9 Å². The van der Waals surface area contributed by atoms with E-state index < -0.39 is 0 Å². The van der Waals surface area contributed by atoms with Crippen molar-refractivity contribution in [2.75, 3.05) is 5.88 Å². The van der Waals surface area contributed by atoms with Crippen LogP contribution >= 0.6 is 45.5 Å². The molecule has 72 valence electrons. The maximum atomic E-state index is 11.5. The van der Waals surface area contributed by atoms with Crippen LogP contribution < -0.4 is 5.32 Å². The quantitative estimate of drug-likeness (QED) is 0.670. The molecule has 1 rings (SSSR count). The van der Waals surface area contributed by atoms with Crippen LogP contribution in [0.3, 0.4) is 0 Å². The number of amides is 1. The van der Waals surface area contributed by atoms with Gasteiger partial charge in [-0.05, 0) is 35.6 Å². The minimum absolute atomic E-state index is 0.0201. The lowest BCUT2D eigenvalue weighted by atomic mass is 10.3. The molecule has 1 atom stereocenters. The number of hydrogen-bond donors (Lipinski definition) is 1. The van der Waals surface area contributed by atoms with Crippen molar-refractivity contribution in [3.63, 3.8) is 0 Å². The topological polar surface area (TPSA) is 29.1 Å². The van der Waals surface area contributed by atoms with Gasteiger partial charge < -0.3 is 5.32 Å². The van der Waals surface area contributed by atoms with E-state index in [0.717, 1.165) is 2.88 Å². The zero-order valence-electron chi connectivity index (χ0n) is 7.01. The lowest BCUT2D eigenvalue weighted by Gasteiger charge is -2.08. The van der Waals surface area contributed by atoms with Gasteiger partial charge >= 0.3 is 0 Å². The van der Waals surface area contributed by atoms with Crippen LogP contribution in [-0.4, -0.2) is 17.8 Å². The first-order chi connectivity index (χ1) is 6.13. The smallest absolute Gasteiger partial charge is 0.252 e. The summed E-state index contributed by atoms with van der Waals surface area (Å²) in [6.45, 7) is 1.88. The zero-order valence-corrected chi connectivity index (χ0v) is 10.7. The van der Waals surface area contributed by atoms with Gasteiger partial charge in [-0.3, -0.25) is 4.79 Å². The highest BCUT2D eigenvalue weighted by Gasteiger charge is 2.09. The molecule has 0 aliphatic carbocycles. The molecular weight excluding hydrogens is 321 g/mol. The van der Waals surface area contributed by atoms with Gasteiger partial charge in [-0.1, -0.05) is 0 Å². The van der Waals surface area contributed by atoms with Crippen molar-refractivity contribution in [1.82, 2.24) is 5.32 Å². The fourth-order valence-corrected chi connectivity index (χ4v) is 2.18. The van der Waals surface area contributed by atoms with Gasteiger partial charge in [-0.25, -0.2) is 0 Å². The average molecular weight is 330 g/mol. The van der Waals surface area contributed by atoms with E-state index in [4.69, 9.17) is 11.6 Å². The third-order valence-electron chi connectivity index (χ3n) is 1.44. The summed E-state index contributed by atoms with van der Waals surface area (Å²) in [4.78, 5) is 11.5. The molecule has 1 aromatic rings. The van der Waals surface area contributed by atoms with Crippen LogP contribution in [-0.2, 0) is 0 Å². The van der Waals surface area contributed by atoms with Gasteiger partial charge in [0.1, 0.15) is 0 Å². The average Bonchev–Trinajstić information content (AvgIpc) is 2.51. The van der Waals surface area contributed by atoms with Crippen molar-refractivity contribution >= 4 is 51.4 Å². The fourth-order valence-electron chi connectivity index (χ4n) is 0.775. The molecule has 5 heteroatoms. The molecule has 0 saturated carbocycles. The third kappa shape index (κ3) is 3.44. The van der Waals surface area contributed by atoms with Crippen LogP contribution in [0.15, 0.2) is 11.4 Å². The first-order valence-electron chi connectivity index (χ1n) is 3.74. The summed E-state index contributed by atoms with van der Waals surface area (Å²) >= 11 is 9.32.